The van der Waals surface area contributed by atoms with E-state index in [9.17, 15) is 4.79 Å². The fourth-order valence-corrected chi connectivity index (χ4v) is 3.24. The normalized spacial score (nSPS) is 19.1. The lowest BCUT2D eigenvalue weighted by atomic mass is 10.2. The van der Waals surface area contributed by atoms with Crippen LogP contribution in [0, 0.1) is 0 Å². The zero-order chi connectivity index (χ0) is 11.5. The van der Waals surface area contributed by atoms with Crippen molar-refractivity contribution in [2.45, 2.75) is 16.6 Å². The molecule has 16 heavy (non-hydrogen) atoms. The Labute approximate surface area is 108 Å². The second kappa shape index (κ2) is 5.21. The topological polar surface area (TPSA) is 41.1 Å². The maximum Gasteiger partial charge on any atom is 0.237 e. The number of anilines is 1. The van der Waals surface area contributed by atoms with E-state index < -0.39 is 0 Å². The average molecular weight is 301 g/mol. The minimum absolute atomic E-state index is 0.00856. The Kier molecular flexibility index (Phi) is 3.89. The molecule has 0 saturated carbocycles. The Morgan fingerprint density at radius 2 is 2.38 bits per heavy atom. The molecule has 1 atom stereocenters. The second-order valence-corrected chi connectivity index (χ2v) is 5.79. The van der Waals surface area contributed by atoms with Crippen molar-refractivity contribution in [3.8, 4) is 0 Å². The van der Waals surface area contributed by atoms with Gasteiger partial charge in [-0.25, -0.2) is 0 Å². The first kappa shape index (κ1) is 12.0. The van der Waals surface area contributed by atoms with Gasteiger partial charge in [0.15, 0.2) is 0 Å². The second-order valence-electron chi connectivity index (χ2n) is 3.63. The molecule has 1 aliphatic heterocycles. The molecule has 0 bridgehead atoms. The standard InChI is InChI=1S/C11H13BrN2OS/c1-13-5-4-9-11(15)14-8-3-2-7(12)6-10(8)16-9/h2-3,6,9,13H,4-5H2,1H3,(H,14,15). The van der Waals surface area contributed by atoms with Crippen molar-refractivity contribution in [1.82, 2.24) is 5.32 Å². The van der Waals surface area contributed by atoms with Crippen LogP contribution in [0.25, 0.3) is 0 Å². The molecule has 0 saturated heterocycles. The van der Waals surface area contributed by atoms with E-state index in [4.69, 9.17) is 0 Å². The van der Waals surface area contributed by atoms with Gasteiger partial charge in [0.05, 0.1) is 10.9 Å². The van der Waals surface area contributed by atoms with Crippen molar-refractivity contribution in [3.05, 3.63) is 22.7 Å². The first-order valence-electron chi connectivity index (χ1n) is 5.12. The smallest absolute Gasteiger partial charge is 0.237 e. The number of carbonyl (C=O) groups is 1. The third kappa shape index (κ3) is 2.59. The summed E-state index contributed by atoms with van der Waals surface area (Å²) in [5.41, 5.74) is 0.916. The third-order valence-electron chi connectivity index (χ3n) is 2.42. The predicted molar refractivity (Wildman–Crippen MR) is 71.0 cm³/mol. The van der Waals surface area contributed by atoms with Gasteiger partial charge in [-0.2, -0.15) is 0 Å². The molecule has 1 unspecified atom stereocenters. The molecule has 5 heteroatoms. The lowest BCUT2D eigenvalue weighted by molar-refractivity contribution is -0.115. The van der Waals surface area contributed by atoms with Gasteiger partial charge >= 0.3 is 0 Å². The summed E-state index contributed by atoms with van der Waals surface area (Å²) in [4.78, 5) is 12.9. The minimum Gasteiger partial charge on any atom is -0.324 e. The molecular formula is C11H13BrN2OS. The van der Waals surface area contributed by atoms with Crippen molar-refractivity contribution in [1.29, 1.82) is 0 Å². The first-order valence-corrected chi connectivity index (χ1v) is 6.79. The summed E-state index contributed by atoms with van der Waals surface area (Å²) in [5.74, 6) is 0.107. The molecule has 1 aliphatic rings. The summed E-state index contributed by atoms with van der Waals surface area (Å²) in [6.07, 6.45) is 0.846. The highest BCUT2D eigenvalue weighted by Crippen LogP contribution is 2.38. The fourth-order valence-electron chi connectivity index (χ4n) is 1.58. The predicted octanol–water partition coefficient (Wildman–Crippen LogP) is 2.47. The fraction of sp³-hybridized carbons (Fsp3) is 0.364. The Bertz CT molecular complexity index is 411. The number of fused-ring (bicyclic) bond motifs is 1. The summed E-state index contributed by atoms with van der Waals surface area (Å²) in [6.45, 7) is 0.856. The number of benzene rings is 1. The van der Waals surface area contributed by atoms with E-state index in [2.05, 4.69) is 26.6 Å². The molecule has 0 radical (unpaired) electrons. The van der Waals surface area contributed by atoms with Crippen LogP contribution >= 0.6 is 27.7 Å². The van der Waals surface area contributed by atoms with Gasteiger partial charge in [-0.05, 0) is 38.2 Å². The summed E-state index contributed by atoms with van der Waals surface area (Å²) in [6, 6.07) is 5.91. The van der Waals surface area contributed by atoms with Gasteiger partial charge in [0, 0.05) is 9.37 Å². The maximum absolute atomic E-state index is 11.8. The Hall–Kier alpha value is -0.520. The third-order valence-corrected chi connectivity index (χ3v) is 4.24. The molecule has 0 aromatic heterocycles. The highest BCUT2D eigenvalue weighted by molar-refractivity contribution is 9.10. The van der Waals surface area contributed by atoms with Crippen LogP contribution < -0.4 is 10.6 Å². The number of halogens is 1. The van der Waals surface area contributed by atoms with Gasteiger partial charge in [-0.15, -0.1) is 11.8 Å². The van der Waals surface area contributed by atoms with Gasteiger partial charge in [-0.3, -0.25) is 4.79 Å². The van der Waals surface area contributed by atoms with E-state index in [0.717, 1.165) is 28.0 Å². The lowest BCUT2D eigenvalue weighted by Crippen LogP contribution is -2.31. The van der Waals surface area contributed by atoms with Crippen molar-refractivity contribution in [3.63, 3.8) is 0 Å². The number of hydrogen-bond donors (Lipinski definition) is 2. The van der Waals surface area contributed by atoms with E-state index in [1.807, 2.05) is 25.2 Å². The van der Waals surface area contributed by atoms with Crippen LogP contribution in [0.4, 0.5) is 5.69 Å². The van der Waals surface area contributed by atoms with Crippen LogP contribution in [-0.4, -0.2) is 24.7 Å². The average Bonchev–Trinajstić information content (AvgIpc) is 2.27. The molecule has 1 aromatic rings. The van der Waals surface area contributed by atoms with E-state index in [1.165, 1.54) is 0 Å². The highest BCUT2D eigenvalue weighted by atomic mass is 79.9. The van der Waals surface area contributed by atoms with E-state index in [1.54, 1.807) is 11.8 Å². The number of hydrogen-bond acceptors (Lipinski definition) is 3. The molecule has 2 rings (SSSR count). The summed E-state index contributed by atoms with van der Waals surface area (Å²) >= 11 is 5.08. The van der Waals surface area contributed by atoms with Crippen molar-refractivity contribution >= 4 is 39.3 Å². The Morgan fingerprint density at radius 3 is 3.12 bits per heavy atom. The summed E-state index contributed by atoms with van der Waals surface area (Å²) < 4.78 is 1.04. The number of rotatable bonds is 3. The van der Waals surface area contributed by atoms with Gasteiger partial charge in [0.1, 0.15) is 0 Å². The molecule has 0 aliphatic carbocycles. The van der Waals surface area contributed by atoms with Crippen molar-refractivity contribution < 1.29 is 4.79 Å². The first-order chi connectivity index (χ1) is 7.70. The molecule has 1 heterocycles. The molecule has 0 fully saturated rings. The molecular weight excluding hydrogens is 288 g/mol. The lowest BCUT2D eigenvalue weighted by Gasteiger charge is -2.24. The van der Waals surface area contributed by atoms with Crippen LogP contribution in [0.3, 0.4) is 0 Å². The van der Waals surface area contributed by atoms with Crippen LogP contribution in [0.15, 0.2) is 27.6 Å². The number of carbonyl (C=O) groups excluding carboxylic acids is 1. The molecule has 0 spiro atoms. The number of nitrogens with one attached hydrogen (secondary N) is 2. The summed E-state index contributed by atoms with van der Waals surface area (Å²) in [5, 5.41) is 6.01. The largest absolute Gasteiger partial charge is 0.324 e. The van der Waals surface area contributed by atoms with Crippen LogP contribution in [-0.2, 0) is 4.79 Å². The zero-order valence-electron chi connectivity index (χ0n) is 8.92. The van der Waals surface area contributed by atoms with E-state index >= 15 is 0 Å². The van der Waals surface area contributed by atoms with Gasteiger partial charge < -0.3 is 10.6 Å². The minimum atomic E-state index is 0.00856. The van der Waals surface area contributed by atoms with Crippen molar-refractivity contribution in [2.75, 3.05) is 18.9 Å². The molecule has 1 aromatic carbocycles. The Balaban J connectivity index is 2.16. The number of thioether (sulfide) groups is 1. The SMILES string of the molecule is CNCCC1Sc2cc(Br)ccc2NC1=O. The molecule has 1 amide bonds. The highest BCUT2D eigenvalue weighted by Gasteiger charge is 2.26. The molecule has 2 N–H and O–H groups in total. The molecule has 3 nitrogen and oxygen atoms in total. The van der Waals surface area contributed by atoms with Gasteiger partial charge in [0.2, 0.25) is 5.91 Å². The van der Waals surface area contributed by atoms with Gasteiger partial charge in [0.25, 0.3) is 0 Å². The van der Waals surface area contributed by atoms with Crippen LogP contribution in [0.5, 0.6) is 0 Å². The Morgan fingerprint density at radius 1 is 1.56 bits per heavy atom. The van der Waals surface area contributed by atoms with Crippen LogP contribution in [0.1, 0.15) is 6.42 Å². The monoisotopic (exact) mass is 300 g/mol. The van der Waals surface area contributed by atoms with E-state index in [-0.39, 0.29) is 11.2 Å². The number of amides is 1. The maximum atomic E-state index is 11.8. The summed E-state index contributed by atoms with van der Waals surface area (Å²) in [7, 11) is 1.90. The molecule has 86 valence electrons. The zero-order valence-corrected chi connectivity index (χ0v) is 11.3. The van der Waals surface area contributed by atoms with Crippen molar-refractivity contribution in [2.24, 2.45) is 0 Å². The quantitative estimate of drug-likeness (QED) is 0.901. The van der Waals surface area contributed by atoms with Crippen LogP contribution in [0.2, 0.25) is 0 Å². The van der Waals surface area contributed by atoms with E-state index in [0.29, 0.717) is 0 Å². The van der Waals surface area contributed by atoms with Gasteiger partial charge in [-0.1, -0.05) is 15.9 Å².